The van der Waals surface area contributed by atoms with Gasteiger partial charge in [0.1, 0.15) is 11.6 Å². The number of hydrogen-bond acceptors (Lipinski definition) is 5. The zero-order valence-corrected chi connectivity index (χ0v) is 11.2. The second-order valence-corrected chi connectivity index (χ2v) is 3.73. The summed E-state index contributed by atoms with van der Waals surface area (Å²) in [6, 6.07) is 2.97. The molecule has 1 amide bonds. The molecule has 104 valence electrons. The largest absolute Gasteiger partial charge is 0.496 e. The molecule has 1 aromatic rings. The van der Waals surface area contributed by atoms with Crippen molar-refractivity contribution in [3.8, 4) is 11.5 Å². The van der Waals surface area contributed by atoms with Crippen LogP contribution in [0.2, 0.25) is 0 Å². The van der Waals surface area contributed by atoms with Crippen LogP contribution in [0.4, 0.5) is 5.69 Å². The Bertz CT molecular complexity index is 492. The molecule has 0 radical (unpaired) electrons. The van der Waals surface area contributed by atoms with E-state index in [2.05, 4.69) is 5.32 Å². The standard InChI is InChI=1S/C11H13ClN2O5/c1-18-8-3-4-9(19-2)11(14(16)17)7(8)6-13-10(15)5-12/h3-4H,5-6H2,1-2H3,(H,13,15). The lowest BCUT2D eigenvalue weighted by Crippen LogP contribution is -2.24. The summed E-state index contributed by atoms with van der Waals surface area (Å²) in [5.41, 5.74) is -0.0120. The van der Waals surface area contributed by atoms with Crippen LogP contribution in [0.15, 0.2) is 12.1 Å². The third-order valence-corrected chi connectivity index (χ3v) is 2.65. The van der Waals surface area contributed by atoms with Crippen molar-refractivity contribution in [2.75, 3.05) is 20.1 Å². The van der Waals surface area contributed by atoms with Gasteiger partial charge in [-0.1, -0.05) is 0 Å². The number of nitrogens with zero attached hydrogens (tertiary/aromatic N) is 1. The minimum atomic E-state index is -0.580. The lowest BCUT2D eigenvalue weighted by atomic mass is 10.1. The van der Waals surface area contributed by atoms with Gasteiger partial charge in [-0.15, -0.1) is 11.6 Å². The number of benzene rings is 1. The number of carbonyl (C=O) groups excluding carboxylic acids is 1. The highest BCUT2D eigenvalue weighted by atomic mass is 35.5. The molecule has 0 saturated carbocycles. The van der Waals surface area contributed by atoms with E-state index in [0.29, 0.717) is 5.75 Å². The van der Waals surface area contributed by atoms with Gasteiger partial charge in [-0.3, -0.25) is 14.9 Å². The number of nitro benzene ring substituents is 1. The Morgan fingerprint density at radius 1 is 1.37 bits per heavy atom. The first kappa shape index (κ1) is 15.0. The Balaban J connectivity index is 3.22. The minimum Gasteiger partial charge on any atom is -0.496 e. The first-order chi connectivity index (χ1) is 9.04. The topological polar surface area (TPSA) is 90.7 Å². The van der Waals surface area contributed by atoms with Gasteiger partial charge >= 0.3 is 5.69 Å². The van der Waals surface area contributed by atoms with Crippen LogP contribution < -0.4 is 14.8 Å². The average molecular weight is 289 g/mol. The smallest absolute Gasteiger partial charge is 0.319 e. The van der Waals surface area contributed by atoms with Gasteiger partial charge in [-0.05, 0) is 12.1 Å². The summed E-state index contributed by atoms with van der Waals surface area (Å²) >= 11 is 5.35. The van der Waals surface area contributed by atoms with Crippen LogP contribution >= 0.6 is 11.6 Å². The van der Waals surface area contributed by atoms with E-state index in [1.807, 2.05) is 0 Å². The normalized spacial score (nSPS) is 9.84. The van der Waals surface area contributed by atoms with Crippen LogP contribution in [0.1, 0.15) is 5.56 Å². The zero-order chi connectivity index (χ0) is 14.4. The van der Waals surface area contributed by atoms with Gasteiger partial charge in [0, 0.05) is 0 Å². The maximum atomic E-state index is 11.1. The number of nitro groups is 1. The molecule has 0 aliphatic rings. The summed E-state index contributed by atoms with van der Waals surface area (Å²) in [5, 5.41) is 13.6. The van der Waals surface area contributed by atoms with Crippen molar-refractivity contribution >= 4 is 23.2 Å². The lowest BCUT2D eigenvalue weighted by Gasteiger charge is -2.12. The molecule has 0 aromatic heterocycles. The second kappa shape index (κ2) is 6.79. The molecule has 1 N–H and O–H groups in total. The third kappa shape index (κ3) is 3.47. The molecular formula is C11H13ClN2O5. The molecule has 0 spiro atoms. The van der Waals surface area contributed by atoms with Gasteiger partial charge in [-0.25, -0.2) is 0 Å². The van der Waals surface area contributed by atoms with Gasteiger partial charge in [0.05, 0.1) is 31.3 Å². The summed E-state index contributed by atoms with van der Waals surface area (Å²) in [6.45, 7) is -0.0672. The number of rotatable bonds is 6. The van der Waals surface area contributed by atoms with Crippen LogP contribution in [0.25, 0.3) is 0 Å². The van der Waals surface area contributed by atoms with Crippen molar-refractivity contribution in [2.24, 2.45) is 0 Å². The highest BCUT2D eigenvalue weighted by molar-refractivity contribution is 6.27. The highest BCUT2D eigenvalue weighted by Gasteiger charge is 2.24. The van der Waals surface area contributed by atoms with Crippen LogP contribution in [0, 0.1) is 10.1 Å². The first-order valence-electron chi connectivity index (χ1n) is 5.26. The fraction of sp³-hybridized carbons (Fsp3) is 0.364. The first-order valence-corrected chi connectivity index (χ1v) is 5.79. The molecule has 0 saturated heterocycles. The number of methoxy groups -OCH3 is 2. The maximum Gasteiger partial charge on any atom is 0.319 e. The molecule has 0 aliphatic heterocycles. The Labute approximate surface area is 114 Å². The molecule has 0 bridgehead atoms. The summed E-state index contributed by atoms with van der Waals surface area (Å²) in [7, 11) is 2.72. The van der Waals surface area contributed by atoms with Crippen molar-refractivity contribution in [3.05, 3.63) is 27.8 Å². The molecule has 1 rings (SSSR count). The zero-order valence-electron chi connectivity index (χ0n) is 10.4. The summed E-state index contributed by atoms with van der Waals surface area (Å²) in [5.74, 6) is -0.260. The summed E-state index contributed by atoms with van der Waals surface area (Å²) in [6.07, 6.45) is 0. The van der Waals surface area contributed by atoms with Crippen molar-refractivity contribution in [3.63, 3.8) is 0 Å². The summed E-state index contributed by atoms with van der Waals surface area (Å²) < 4.78 is 10.0. The molecule has 0 atom stereocenters. The van der Waals surface area contributed by atoms with Crippen molar-refractivity contribution in [1.82, 2.24) is 5.32 Å². The lowest BCUT2D eigenvalue weighted by molar-refractivity contribution is -0.386. The second-order valence-electron chi connectivity index (χ2n) is 3.46. The molecule has 7 nitrogen and oxygen atoms in total. The van der Waals surface area contributed by atoms with Gasteiger partial charge < -0.3 is 14.8 Å². The van der Waals surface area contributed by atoms with Crippen LogP contribution in [0.5, 0.6) is 11.5 Å². The number of amides is 1. The van der Waals surface area contributed by atoms with E-state index in [0.717, 1.165) is 0 Å². The van der Waals surface area contributed by atoms with E-state index in [-0.39, 0.29) is 29.4 Å². The number of nitrogens with one attached hydrogen (secondary N) is 1. The number of hydrogen-bond donors (Lipinski definition) is 1. The maximum absolute atomic E-state index is 11.1. The molecule has 0 fully saturated rings. The van der Waals surface area contributed by atoms with E-state index < -0.39 is 10.8 Å². The number of carbonyl (C=O) groups is 1. The van der Waals surface area contributed by atoms with Crippen LogP contribution in [0.3, 0.4) is 0 Å². The fourth-order valence-electron chi connectivity index (χ4n) is 1.56. The van der Waals surface area contributed by atoms with Crippen LogP contribution in [-0.4, -0.2) is 30.9 Å². The van der Waals surface area contributed by atoms with E-state index in [4.69, 9.17) is 21.1 Å². The molecule has 1 aromatic carbocycles. The molecule has 19 heavy (non-hydrogen) atoms. The molecule has 0 aliphatic carbocycles. The van der Waals surface area contributed by atoms with E-state index >= 15 is 0 Å². The Morgan fingerprint density at radius 3 is 2.42 bits per heavy atom. The Morgan fingerprint density at radius 2 is 1.95 bits per heavy atom. The molecular weight excluding hydrogens is 276 g/mol. The SMILES string of the molecule is COc1ccc(OC)c([N+](=O)[O-])c1CNC(=O)CCl. The van der Waals surface area contributed by atoms with Crippen molar-refractivity contribution in [1.29, 1.82) is 0 Å². The fourth-order valence-corrected chi connectivity index (χ4v) is 1.65. The quantitative estimate of drug-likeness (QED) is 0.486. The predicted octanol–water partition coefficient (Wildman–Crippen LogP) is 1.47. The van der Waals surface area contributed by atoms with Gasteiger partial charge in [0.25, 0.3) is 0 Å². The van der Waals surface area contributed by atoms with E-state index in [1.165, 1.54) is 26.4 Å². The highest BCUT2D eigenvalue weighted by Crippen LogP contribution is 2.36. The van der Waals surface area contributed by atoms with Crippen molar-refractivity contribution in [2.45, 2.75) is 6.54 Å². The number of halogens is 1. The van der Waals surface area contributed by atoms with Gasteiger partial charge in [0.2, 0.25) is 5.91 Å². The Kier molecular flexibility index (Phi) is 5.37. The predicted molar refractivity (Wildman–Crippen MR) is 68.8 cm³/mol. The molecule has 8 heteroatoms. The number of ether oxygens (including phenoxy) is 2. The monoisotopic (exact) mass is 288 g/mol. The molecule has 0 heterocycles. The molecule has 0 unspecified atom stereocenters. The van der Waals surface area contributed by atoms with Gasteiger partial charge in [-0.2, -0.15) is 0 Å². The summed E-state index contributed by atoms with van der Waals surface area (Å²) in [4.78, 5) is 21.7. The number of alkyl halides is 1. The average Bonchev–Trinajstić information content (AvgIpc) is 2.42. The third-order valence-electron chi connectivity index (χ3n) is 2.41. The van der Waals surface area contributed by atoms with E-state index in [1.54, 1.807) is 0 Å². The van der Waals surface area contributed by atoms with E-state index in [9.17, 15) is 14.9 Å². The van der Waals surface area contributed by atoms with Gasteiger partial charge in [0.15, 0.2) is 5.75 Å². The van der Waals surface area contributed by atoms with Crippen molar-refractivity contribution < 1.29 is 19.2 Å². The minimum absolute atomic E-state index is 0.0672. The van der Waals surface area contributed by atoms with Crippen LogP contribution in [-0.2, 0) is 11.3 Å². The Hall–Kier alpha value is -2.02.